The van der Waals surface area contributed by atoms with Crippen LogP contribution in [0, 0.1) is 0 Å². The van der Waals surface area contributed by atoms with Gasteiger partial charge in [0.2, 0.25) is 0 Å². The number of halogens is 4. The summed E-state index contributed by atoms with van der Waals surface area (Å²) in [6, 6.07) is 3.35. The average molecular weight is 265 g/mol. The van der Waals surface area contributed by atoms with Crippen LogP contribution < -0.4 is 10.6 Å². The van der Waals surface area contributed by atoms with E-state index in [1.54, 1.807) is 4.90 Å². The molecule has 2 rings (SSSR count). The van der Waals surface area contributed by atoms with Gasteiger partial charge in [0, 0.05) is 19.1 Å². The van der Waals surface area contributed by atoms with E-state index < -0.39 is 11.7 Å². The van der Waals surface area contributed by atoms with E-state index in [4.69, 9.17) is 17.3 Å². The molecule has 1 unspecified atom stereocenters. The monoisotopic (exact) mass is 264 g/mol. The Morgan fingerprint density at radius 1 is 1.35 bits per heavy atom. The van der Waals surface area contributed by atoms with Crippen molar-refractivity contribution in [2.24, 2.45) is 5.73 Å². The molecule has 0 bridgehead atoms. The third-order valence-corrected chi connectivity index (χ3v) is 3.16. The molecule has 0 amide bonds. The summed E-state index contributed by atoms with van der Waals surface area (Å²) in [5, 5.41) is 0.326. The summed E-state index contributed by atoms with van der Waals surface area (Å²) in [5.41, 5.74) is 5.46. The molecule has 1 aliphatic rings. The molecule has 1 fully saturated rings. The fourth-order valence-electron chi connectivity index (χ4n) is 1.94. The highest BCUT2D eigenvalue weighted by Crippen LogP contribution is 2.36. The Bertz CT molecular complexity index is 420. The van der Waals surface area contributed by atoms with Crippen LogP contribution in [-0.2, 0) is 6.18 Å². The number of alkyl halides is 3. The van der Waals surface area contributed by atoms with E-state index in [2.05, 4.69) is 0 Å². The van der Waals surface area contributed by atoms with Crippen molar-refractivity contribution in [3.8, 4) is 0 Å². The van der Waals surface area contributed by atoms with Gasteiger partial charge < -0.3 is 10.6 Å². The Morgan fingerprint density at radius 3 is 2.59 bits per heavy atom. The van der Waals surface area contributed by atoms with E-state index in [-0.39, 0.29) is 6.04 Å². The molecule has 1 aromatic carbocycles. The molecule has 0 radical (unpaired) electrons. The number of anilines is 1. The maximum Gasteiger partial charge on any atom is 0.416 e. The molecule has 17 heavy (non-hydrogen) atoms. The number of rotatable bonds is 1. The molecular formula is C11H12ClF3N2. The van der Waals surface area contributed by atoms with Crippen LogP contribution >= 0.6 is 11.6 Å². The van der Waals surface area contributed by atoms with Gasteiger partial charge in [0.25, 0.3) is 0 Å². The molecule has 0 aliphatic carbocycles. The Morgan fingerprint density at radius 2 is 2.06 bits per heavy atom. The lowest BCUT2D eigenvalue weighted by Gasteiger charge is -2.21. The van der Waals surface area contributed by atoms with Crippen molar-refractivity contribution in [1.82, 2.24) is 0 Å². The lowest BCUT2D eigenvalue weighted by Crippen LogP contribution is -2.26. The normalized spacial score (nSPS) is 21.0. The van der Waals surface area contributed by atoms with Crippen LogP contribution in [0.15, 0.2) is 18.2 Å². The van der Waals surface area contributed by atoms with Crippen LogP contribution in [0.3, 0.4) is 0 Å². The van der Waals surface area contributed by atoms with Crippen molar-refractivity contribution in [2.45, 2.75) is 18.6 Å². The predicted molar refractivity (Wildman–Crippen MR) is 61.3 cm³/mol. The molecule has 1 aromatic rings. The summed E-state index contributed by atoms with van der Waals surface area (Å²) in [6.45, 7) is 1.18. The molecule has 1 saturated heterocycles. The lowest BCUT2D eigenvalue weighted by atomic mass is 10.2. The average Bonchev–Trinajstić information content (AvgIpc) is 2.63. The van der Waals surface area contributed by atoms with Gasteiger partial charge in [0.15, 0.2) is 0 Å². The van der Waals surface area contributed by atoms with Crippen molar-refractivity contribution in [3.63, 3.8) is 0 Å². The highest BCUT2D eigenvalue weighted by molar-refractivity contribution is 6.33. The zero-order chi connectivity index (χ0) is 12.6. The molecule has 1 atom stereocenters. The van der Waals surface area contributed by atoms with E-state index >= 15 is 0 Å². The van der Waals surface area contributed by atoms with Gasteiger partial charge in [0.05, 0.1) is 16.3 Å². The summed E-state index contributed by atoms with van der Waals surface area (Å²) < 4.78 is 37.7. The molecule has 6 heteroatoms. The highest BCUT2D eigenvalue weighted by Gasteiger charge is 2.32. The minimum Gasteiger partial charge on any atom is -0.369 e. The zero-order valence-electron chi connectivity index (χ0n) is 8.97. The van der Waals surface area contributed by atoms with Gasteiger partial charge in [-0.15, -0.1) is 0 Å². The molecule has 1 heterocycles. The first kappa shape index (κ1) is 12.5. The van der Waals surface area contributed by atoms with Crippen molar-refractivity contribution < 1.29 is 13.2 Å². The minimum atomic E-state index is -4.35. The van der Waals surface area contributed by atoms with E-state index in [0.717, 1.165) is 18.6 Å². The maximum absolute atomic E-state index is 12.6. The van der Waals surface area contributed by atoms with E-state index in [1.807, 2.05) is 0 Å². The standard InChI is InChI=1S/C11H12ClF3N2/c12-9-2-1-7(11(13,14)15)5-10(9)17-4-3-8(16)6-17/h1-2,5,8H,3-4,6,16H2. The summed E-state index contributed by atoms with van der Waals surface area (Å²) in [7, 11) is 0. The summed E-state index contributed by atoms with van der Waals surface area (Å²) in [6.07, 6.45) is -3.58. The minimum absolute atomic E-state index is 0.000564. The second kappa shape index (κ2) is 4.38. The SMILES string of the molecule is NC1CCN(c2cc(C(F)(F)F)ccc2Cl)C1. The first-order valence-corrected chi connectivity index (χ1v) is 5.63. The van der Waals surface area contributed by atoms with Gasteiger partial charge in [-0.2, -0.15) is 13.2 Å². The van der Waals surface area contributed by atoms with Crippen molar-refractivity contribution >= 4 is 17.3 Å². The van der Waals surface area contributed by atoms with Crippen LogP contribution in [0.2, 0.25) is 5.02 Å². The fraction of sp³-hybridized carbons (Fsp3) is 0.455. The van der Waals surface area contributed by atoms with E-state index in [1.165, 1.54) is 6.07 Å². The zero-order valence-corrected chi connectivity index (χ0v) is 9.72. The summed E-state index contributed by atoms with van der Waals surface area (Å²) in [5.74, 6) is 0. The Hall–Kier alpha value is -0.940. The van der Waals surface area contributed by atoms with Gasteiger partial charge >= 0.3 is 6.18 Å². The molecule has 0 aromatic heterocycles. The van der Waals surface area contributed by atoms with E-state index in [0.29, 0.717) is 23.8 Å². The van der Waals surface area contributed by atoms with Crippen LogP contribution in [0.25, 0.3) is 0 Å². The number of nitrogens with two attached hydrogens (primary N) is 1. The third kappa shape index (κ3) is 2.66. The van der Waals surface area contributed by atoms with Gasteiger partial charge in [0.1, 0.15) is 0 Å². The molecule has 94 valence electrons. The lowest BCUT2D eigenvalue weighted by molar-refractivity contribution is -0.137. The molecule has 0 saturated carbocycles. The van der Waals surface area contributed by atoms with Gasteiger partial charge in [-0.1, -0.05) is 11.6 Å². The number of hydrogen-bond donors (Lipinski definition) is 1. The van der Waals surface area contributed by atoms with Crippen molar-refractivity contribution in [1.29, 1.82) is 0 Å². The molecule has 2 N–H and O–H groups in total. The topological polar surface area (TPSA) is 29.3 Å². The fourth-order valence-corrected chi connectivity index (χ4v) is 2.17. The van der Waals surface area contributed by atoms with Crippen LogP contribution in [0.1, 0.15) is 12.0 Å². The van der Waals surface area contributed by atoms with E-state index in [9.17, 15) is 13.2 Å². The van der Waals surface area contributed by atoms with Crippen LogP contribution in [-0.4, -0.2) is 19.1 Å². The van der Waals surface area contributed by atoms with Crippen LogP contribution in [0.5, 0.6) is 0 Å². The quantitative estimate of drug-likeness (QED) is 0.845. The van der Waals surface area contributed by atoms with Gasteiger partial charge in [-0.25, -0.2) is 0 Å². The summed E-state index contributed by atoms with van der Waals surface area (Å²) in [4.78, 5) is 1.79. The second-order valence-corrected chi connectivity index (χ2v) is 4.57. The van der Waals surface area contributed by atoms with Crippen LogP contribution in [0.4, 0.5) is 18.9 Å². The first-order valence-electron chi connectivity index (χ1n) is 5.25. The largest absolute Gasteiger partial charge is 0.416 e. The first-order chi connectivity index (χ1) is 7.88. The number of benzene rings is 1. The highest BCUT2D eigenvalue weighted by atomic mass is 35.5. The number of hydrogen-bond acceptors (Lipinski definition) is 2. The molecule has 2 nitrogen and oxygen atoms in total. The van der Waals surface area contributed by atoms with Gasteiger partial charge in [-0.3, -0.25) is 0 Å². The smallest absolute Gasteiger partial charge is 0.369 e. The maximum atomic E-state index is 12.6. The third-order valence-electron chi connectivity index (χ3n) is 2.84. The second-order valence-electron chi connectivity index (χ2n) is 4.16. The summed E-state index contributed by atoms with van der Waals surface area (Å²) >= 11 is 5.92. The van der Waals surface area contributed by atoms with Gasteiger partial charge in [-0.05, 0) is 24.6 Å². The molecular weight excluding hydrogens is 253 g/mol. The molecule has 0 spiro atoms. The Labute approximate surface area is 102 Å². The Kier molecular flexibility index (Phi) is 3.23. The predicted octanol–water partition coefficient (Wildman–Crippen LogP) is 2.90. The van der Waals surface area contributed by atoms with Crippen molar-refractivity contribution in [2.75, 3.05) is 18.0 Å². The Balaban J connectivity index is 2.33. The molecule has 1 aliphatic heterocycles. The number of nitrogens with zero attached hydrogens (tertiary/aromatic N) is 1. The van der Waals surface area contributed by atoms with Crippen molar-refractivity contribution in [3.05, 3.63) is 28.8 Å².